The van der Waals surface area contributed by atoms with Crippen LogP contribution in [0, 0.1) is 0 Å². The fourth-order valence-corrected chi connectivity index (χ4v) is 2.02. The summed E-state index contributed by atoms with van der Waals surface area (Å²) in [6, 6.07) is 1.60. The Labute approximate surface area is 109 Å². The molecule has 90 valence electrons. The van der Waals surface area contributed by atoms with Gasteiger partial charge in [0.2, 0.25) is 0 Å². The van der Waals surface area contributed by atoms with Crippen molar-refractivity contribution >= 4 is 29.0 Å². The molecule has 0 amide bonds. The number of hydrogen-bond acceptors (Lipinski definition) is 4. The number of aromatic nitrogens is 3. The number of halogens is 2. The van der Waals surface area contributed by atoms with Gasteiger partial charge >= 0.3 is 0 Å². The van der Waals surface area contributed by atoms with E-state index in [2.05, 4.69) is 15.4 Å². The molecular weight excluding hydrogens is 261 g/mol. The maximum absolute atomic E-state index is 6.11. The summed E-state index contributed by atoms with van der Waals surface area (Å²) < 4.78 is 1.81. The van der Waals surface area contributed by atoms with Crippen LogP contribution in [0.3, 0.4) is 0 Å². The Morgan fingerprint density at radius 3 is 2.82 bits per heavy atom. The van der Waals surface area contributed by atoms with E-state index in [1.165, 1.54) is 0 Å². The molecule has 0 fully saturated rings. The zero-order valence-corrected chi connectivity index (χ0v) is 10.6. The highest BCUT2D eigenvalue weighted by Gasteiger charge is 2.12. The van der Waals surface area contributed by atoms with Crippen LogP contribution in [0.5, 0.6) is 0 Å². The average Bonchev–Trinajstić information content (AvgIpc) is 2.77. The molecule has 0 bridgehead atoms. The lowest BCUT2D eigenvalue weighted by Gasteiger charge is -2.10. The monoisotopic (exact) mass is 271 g/mol. The van der Waals surface area contributed by atoms with E-state index >= 15 is 0 Å². The highest BCUT2D eigenvalue weighted by Crippen LogP contribution is 2.28. The molecule has 0 aromatic carbocycles. The van der Waals surface area contributed by atoms with Crippen LogP contribution in [-0.4, -0.2) is 14.5 Å². The van der Waals surface area contributed by atoms with E-state index in [4.69, 9.17) is 29.0 Å². The van der Waals surface area contributed by atoms with Gasteiger partial charge in [0.15, 0.2) is 11.6 Å². The molecule has 0 spiro atoms. The van der Waals surface area contributed by atoms with Gasteiger partial charge in [-0.25, -0.2) is 15.8 Å². The largest absolute Gasteiger partial charge is 0.307 e. The molecule has 2 aromatic heterocycles. The maximum Gasteiger partial charge on any atom is 0.161 e. The van der Waals surface area contributed by atoms with Crippen molar-refractivity contribution in [1.82, 2.24) is 14.5 Å². The third-order valence-corrected chi connectivity index (χ3v) is 2.88. The Morgan fingerprint density at radius 1 is 1.41 bits per heavy atom. The predicted octanol–water partition coefficient (Wildman–Crippen LogP) is 2.42. The van der Waals surface area contributed by atoms with E-state index in [-0.39, 0.29) is 0 Å². The van der Waals surface area contributed by atoms with Gasteiger partial charge in [0, 0.05) is 18.8 Å². The Bertz CT molecular complexity index is 537. The third kappa shape index (κ3) is 2.22. The van der Waals surface area contributed by atoms with E-state index in [0.717, 1.165) is 12.2 Å². The van der Waals surface area contributed by atoms with Crippen LogP contribution in [0.2, 0.25) is 10.0 Å². The molecular formula is C10H11Cl2N5. The molecule has 0 atom stereocenters. The number of hydrazine groups is 1. The zero-order chi connectivity index (χ0) is 12.4. The molecule has 7 heteroatoms. The van der Waals surface area contributed by atoms with Gasteiger partial charge in [-0.2, -0.15) is 0 Å². The van der Waals surface area contributed by atoms with Crippen molar-refractivity contribution in [3.63, 3.8) is 0 Å². The first kappa shape index (κ1) is 12.2. The number of nitrogens with two attached hydrogens (primary N) is 1. The SMILES string of the molecule is CCc1nccn1-c1nc(NN)c(Cl)cc1Cl. The second kappa shape index (κ2) is 4.91. The van der Waals surface area contributed by atoms with Crippen molar-refractivity contribution in [3.05, 3.63) is 34.3 Å². The summed E-state index contributed by atoms with van der Waals surface area (Å²) in [5, 5.41) is 0.820. The summed E-state index contributed by atoms with van der Waals surface area (Å²) in [7, 11) is 0. The van der Waals surface area contributed by atoms with E-state index in [9.17, 15) is 0 Å². The molecule has 2 heterocycles. The molecule has 2 rings (SSSR count). The van der Waals surface area contributed by atoms with Crippen molar-refractivity contribution in [2.45, 2.75) is 13.3 Å². The number of nitrogens with one attached hydrogen (secondary N) is 1. The molecule has 17 heavy (non-hydrogen) atoms. The number of rotatable bonds is 3. The lowest BCUT2D eigenvalue weighted by atomic mass is 10.4. The highest BCUT2D eigenvalue weighted by molar-refractivity contribution is 6.36. The fourth-order valence-electron chi connectivity index (χ4n) is 1.52. The lowest BCUT2D eigenvalue weighted by Crippen LogP contribution is -2.11. The maximum atomic E-state index is 6.11. The number of pyridine rings is 1. The number of nitrogen functional groups attached to an aromatic ring is 1. The van der Waals surface area contributed by atoms with Crippen LogP contribution in [-0.2, 0) is 6.42 Å². The molecule has 5 nitrogen and oxygen atoms in total. The number of imidazole rings is 1. The van der Waals surface area contributed by atoms with Gasteiger partial charge < -0.3 is 5.43 Å². The molecule has 0 aliphatic carbocycles. The Balaban J connectivity index is 2.59. The normalized spacial score (nSPS) is 10.6. The first-order valence-corrected chi connectivity index (χ1v) is 5.78. The van der Waals surface area contributed by atoms with Crippen molar-refractivity contribution in [2.75, 3.05) is 5.43 Å². The summed E-state index contributed by atoms with van der Waals surface area (Å²) in [6.07, 6.45) is 4.27. The summed E-state index contributed by atoms with van der Waals surface area (Å²) in [6.45, 7) is 2.00. The van der Waals surface area contributed by atoms with Gasteiger partial charge in [0.1, 0.15) is 5.82 Å². The highest BCUT2D eigenvalue weighted by atomic mass is 35.5. The third-order valence-electron chi connectivity index (χ3n) is 2.31. The number of hydrogen-bond donors (Lipinski definition) is 2. The molecule has 0 aliphatic heterocycles. The minimum atomic E-state index is 0.374. The fraction of sp³-hybridized carbons (Fsp3) is 0.200. The molecule has 3 N–H and O–H groups in total. The smallest absolute Gasteiger partial charge is 0.161 e. The Morgan fingerprint density at radius 2 is 2.18 bits per heavy atom. The van der Waals surface area contributed by atoms with Gasteiger partial charge in [-0.15, -0.1) is 0 Å². The zero-order valence-electron chi connectivity index (χ0n) is 9.11. The topological polar surface area (TPSA) is 68.8 Å². The van der Waals surface area contributed by atoms with Crippen molar-refractivity contribution in [2.24, 2.45) is 5.84 Å². The second-order valence-corrected chi connectivity index (χ2v) is 4.15. The van der Waals surface area contributed by atoms with Crippen molar-refractivity contribution < 1.29 is 0 Å². The molecule has 2 aromatic rings. The van der Waals surface area contributed by atoms with Gasteiger partial charge in [-0.1, -0.05) is 30.1 Å². The summed E-state index contributed by atoms with van der Waals surface area (Å²) in [4.78, 5) is 8.47. The van der Waals surface area contributed by atoms with Crippen molar-refractivity contribution in [1.29, 1.82) is 0 Å². The van der Waals surface area contributed by atoms with Gasteiger partial charge in [0.25, 0.3) is 0 Å². The molecule has 0 aliphatic rings. The number of anilines is 1. The predicted molar refractivity (Wildman–Crippen MR) is 68.6 cm³/mol. The van der Waals surface area contributed by atoms with Crippen LogP contribution in [0.4, 0.5) is 5.82 Å². The number of aryl methyl sites for hydroxylation is 1. The van der Waals surface area contributed by atoms with E-state index in [1.807, 2.05) is 6.92 Å². The van der Waals surface area contributed by atoms with Gasteiger partial charge in [-0.3, -0.25) is 4.57 Å². The van der Waals surface area contributed by atoms with Crippen molar-refractivity contribution in [3.8, 4) is 5.82 Å². The van der Waals surface area contributed by atoms with E-state index in [1.54, 1.807) is 23.0 Å². The molecule has 0 saturated heterocycles. The Kier molecular flexibility index (Phi) is 3.51. The van der Waals surface area contributed by atoms with Crippen LogP contribution < -0.4 is 11.3 Å². The quantitative estimate of drug-likeness (QED) is 0.665. The minimum absolute atomic E-state index is 0.374. The van der Waals surface area contributed by atoms with Gasteiger partial charge in [0.05, 0.1) is 10.0 Å². The Hall–Kier alpha value is -1.30. The standard InChI is InChI=1S/C10H11Cl2N5/c1-2-8-14-3-4-17(8)10-7(12)5-6(11)9(15-10)16-13/h3-5H,2,13H2,1H3,(H,15,16). The molecule has 0 radical (unpaired) electrons. The van der Waals surface area contributed by atoms with E-state index in [0.29, 0.717) is 21.7 Å². The van der Waals surface area contributed by atoms with Crippen LogP contribution >= 0.6 is 23.2 Å². The van der Waals surface area contributed by atoms with E-state index < -0.39 is 0 Å². The minimum Gasteiger partial charge on any atom is -0.307 e. The molecule has 0 unspecified atom stereocenters. The molecule has 0 saturated carbocycles. The average molecular weight is 272 g/mol. The summed E-state index contributed by atoms with van der Waals surface area (Å²) in [5.74, 6) is 7.12. The summed E-state index contributed by atoms with van der Waals surface area (Å²) >= 11 is 12.0. The van der Waals surface area contributed by atoms with Gasteiger partial charge in [-0.05, 0) is 6.07 Å². The number of nitrogens with zero attached hydrogens (tertiary/aromatic N) is 3. The van der Waals surface area contributed by atoms with Crippen LogP contribution in [0.1, 0.15) is 12.7 Å². The van der Waals surface area contributed by atoms with Crippen LogP contribution in [0.15, 0.2) is 18.5 Å². The summed E-state index contributed by atoms with van der Waals surface area (Å²) in [5.41, 5.74) is 2.43. The lowest BCUT2D eigenvalue weighted by molar-refractivity contribution is 0.868. The second-order valence-electron chi connectivity index (χ2n) is 3.34. The first-order valence-electron chi connectivity index (χ1n) is 5.02. The first-order chi connectivity index (χ1) is 8.17. The van der Waals surface area contributed by atoms with Crippen LogP contribution in [0.25, 0.3) is 5.82 Å².